The highest BCUT2D eigenvalue weighted by molar-refractivity contribution is 6.33. The van der Waals surface area contributed by atoms with E-state index in [9.17, 15) is 9.59 Å². The first-order chi connectivity index (χ1) is 11.1. The van der Waals surface area contributed by atoms with Gasteiger partial charge in [-0.25, -0.2) is 0 Å². The maximum Gasteiger partial charge on any atom is 0.306 e. The normalized spacial score (nSPS) is 17.6. The molecule has 1 atom stereocenters. The zero-order valence-corrected chi connectivity index (χ0v) is 12.7. The molecule has 1 amide bonds. The SMILES string of the molecule is O=C1CC[C@H](C(=O)Nc2cc(Cl)cc3c2[nH]c2cnccc23)O1. The van der Waals surface area contributed by atoms with Crippen molar-refractivity contribution in [1.82, 2.24) is 9.97 Å². The number of nitrogens with one attached hydrogen (secondary N) is 2. The number of fused-ring (bicyclic) bond motifs is 3. The lowest BCUT2D eigenvalue weighted by Crippen LogP contribution is -2.27. The van der Waals surface area contributed by atoms with Crippen LogP contribution in [0.2, 0.25) is 5.02 Å². The largest absolute Gasteiger partial charge is 0.452 e. The average molecular weight is 330 g/mol. The van der Waals surface area contributed by atoms with Gasteiger partial charge in [0.25, 0.3) is 5.91 Å². The third-order valence-electron chi connectivity index (χ3n) is 3.91. The summed E-state index contributed by atoms with van der Waals surface area (Å²) in [5.41, 5.74) is 2.17. The molecule has 6 nitrogen and oxygen atoms in total. The Hall–Kier alpha value is -2.60. The number of halogens is 1. The third-order valence-corrected chi connectivity index (χ3v) is 4.13. The van der Waals surface area contributed by atoms with Crippen molar-refractivity contribution in [2.24, 2.45) is 0 Å². The van der Waals surface area contributed by atoms with E-state index >= 15 is 0 Å². The lowest BCUT2D eigenvalue weighted by Gasteiger charge is -2.11. The van der Waals surface area contributed by atoms with Gasteiger partial charge in [-0.2, -0.15) is 0 Å². The number of anilines is 1. The summed E-state index contributed by atoms with van der Waals surface area (Å²) in [6.07, 6.45) is 3.33. The van der Waals surface area contributed by atoms with Crippen LogP contribution in [0.1, 0.15) is 12.8 Å². The van der Waals surface area contributed by atoms with E-state index in [1.165, 1.54) is 0 Å². The molecule has 0 bridgehead atoms. The molecule has 1 saturated heterocycles. The van der Waals surface area contributed by atoms with Crippen LogP contribution in [-0.2, 0) is 14.3 Å². The Morgan fingerprint density at radius 1 is 1.39 bits per heavy atom. The van der Waals surface area contributed by atoms with Crippen LogP contribution in [0.5, 0.6) is 0 Å². The zero-order valence-electron chi connectivity index (χ0n) is 11.9. The second-order valence-corrected chi connectivity index (χ2v) is 5.87. The first kappa shape index (κ1) is 14.0. The first-order valence-electron chi connectivity index (χ1n) is 7.17. The van der Waals surface area contributed by atoms with Gasteiger partial charge in [0.15, 0.2) is 6.10 Å². The quantitative estimate of drug-likeness (QED) is 0.708. The zero-order chi connectivity index (χ0) is 16.0. The number of ether oxygens (including phenoxy) is 1. The Bertz CT molecular complexity index is 950. The summed E-state index contributed by atoms with van der Waals surface area (Å²) >= 11 is 6.18. The molecule has 1 aromatic carbocycles. The molecule has 4 rings (SSSR count). The number of aromatic amines is 1. The Labute approximate surface area is 135 Å². The summed E-state index contributed by atoms with van der Waals surface area (Å²) in [4.78, 5) is 30.7. The fourth-order valence-corrected chi connectivity index (χ4v) is 3.06. The minimum absolute atomic E-state index is 0.265. The molecule has 116 valence electrons. The van der Waals surface area contributed by atoms with Gasteiger partial charge < -0.3 is 15.0 Å². The van der Waals surface area contributed by atoms with Gasteiger partial charge in [-0.15, -0.1) is 0 Å². The van der Waals surface area contributed by atoms with Crippen LogP contribution in [0.25, 0.3) is 21.8 Å². The molecular weight excluding hydrogens is 318 g/mol. The number of aromatic nitrogens is 2. The number of esters is 1. The van der Waals surface area contributed by atoms with Gasteiger partial charge in [0, 0.05) is 34.8 Å². The number of carbonyl (C=O) groups excluding carboxylic acids is 2. The Morgan fingerprint density at radius 2 is 2.26 bits per heavy atom. The minimum Gasteiger partial charge on any atom is -0.452 e. The molecule has 1 fully saturated rings. The van der Waals surface area contributed by atoms with Crippen molar-refractivity contribution in [3.8, 4) is 0 Å². The van der Waals surface area contributed by atoms with Crippen LogP contribution in [0.15, 0.2) is 30.6 Å². The second kappa shape index (κ2) is 5.24. The second-order valence-electron chi connectivity index (χ2n) is 5.43. The number of rotatable bonds is 2. The average Bonchev–Trinajstić information content (AvgIpc) is 3.11. The highest BCUT2D eigenvalue weighted by Crippen LogP contribution is 2.33. The number of hydrogen-bond donors (Lipinski definition) is 2. The van der Waals surface area contributed by atoms with Crippen molar-refractivity contribution < 1.29 is 14.3 Å². The van der Waals surface area contributed by atoms with E-state index in [0.717, 1.165) is 21.8 Å². The van der Waals surface area contributed by atoms with Gasteiger partial charge in [-0.3, -0.25) is 14.6 Å². The number of cyclic esters (lactones) is 1. The Morgan fingerprint density at radius 3 is 3.04 bits per heavy atom. The lowest BCUT2D eigenvalue weighted by molar-refractivity contribution is -0.146. The molecule has 0 aliphatic carbocycles. The predicted molar refractivity (Wildman–Crippen MR) is 86.4 cm³/mol. The van der Waals surface area contributed by atoms with Gasteiger partial charge in [-0.05, 0) is 18.2 Å². The number of carbonyl (C=O) groups is 2. The Balaban J connectivity index is 1.77. The van der Waals surface area contributed by atoms with Crippen molar-refractivity contribution in [2.75, 3.05) is 5.32 Å². The van der Waals surface area contributed by atoms with Gasteiger partial charge in [0.2, 0.25) is 0 Å². The van der Waals surface area contributed by atoms with E-state index in [2.05, 4.69) is 15.3 Å². The maximum atomic E-state index is 12.3. The van der Waals surface area contributed by atoms with Crippen molar-refractivity contribution in [3.63, 3.8) is 0 Å². The van der Waals surface area contributed by atoms with E-state index in [4.69, 9.17) is 16.3 Å². The molecule has 7 heteroatoms. The fraction of sp³-hybridized carbons (Fsp3) is 0.188. The molecule has 0 spiro atoms. The lowest BCUT2D eigenvalue weighted by atomic mass is 10.1. The van der Waals surface area contributed by atoms with Crippen molar-refractivity contribution in [1.29, 1.82) is 0 Å². The predicted octanol–water partition coefficient (Wildman–Crippen LogP) is 3.01. The number of amides is 1. The topological polar surface area (TPSA) is 84.1 Å². The van der Waals surface area contributed by atoms with Crippen LogP contribution >= 0.6 is 11.6 Å². The van der Waals surface area contributed by atoms with Crippen LogP contribution in [0, 0.1) is 0 Å². The molecule has 0 unspecified atom stereocenters. The molecule has 2 aromatic heterocycles. The minimum atomic E-state index is -0.748. The fourth-order valence-electron chi connectivity index (χ4n) is 2.84. The number of benzene rings is 1. The summed E-state index contributed by atoms with van der Waals surface area (Å²) in [5.74, 6) is -0.700. The summed E-state index contributed by atoms with van der Waals surface area (Å²) in [6.45, 7) is 0. The van der Waals surface area contributed by atoms with E-state index in [1.54, 1.807) is 18.5 Å². The van der Waals surface area contributed by atoms with Crippen LogP contribution in [0.4, 0.5) is 5.69 Å². The van der Waals surface area contributed by atoms with Gasteiger partial charge >= 0.3 is 5.97 Å². The summed E-state index contributed by atoms with van der Waals surface area (Å²) < 4.78 is 4.99. The molecule has 3 heterocycles. The molecule has 0 radical (unpaired) electrons. The van der Waals surface area contributed by atoms with E-state index < -0.39 is 6.10 Å². The van der Waals surface area contributed by atoms with E-state index in [0.29, 0.717) is 17.1 Å². The smallest absolute Gasteiger partial charge is 0.306 e. The highest BCUT2D eigenvalue weighted by atomic mass is 35.5. The van der Waals surface area contributed by atoms with Crippen molar-refractivity contribution in [2.45, 2.75) is 18.9 Å². The molecule has 1 aliphatic rings. The number of nitrogens with zero attached hydrogens (tertiary/aromatic N) is 1. The molecule has 23 heavy (non-hydrogen) atoms. The molecular formula is C16H12ClN3O3. The molecule has 1 aliphatic heterocycles. The van der Waals surface area contributed by atoms with Gasteiger partial charge in [0.05, 0.1) is 22.9 Å². The number of pyridine rings is 1. The van der Waals surface area contributed by atoms with Crippen molar-refractivity contribution in [3.05, 3.63) is 35.6 Å². The van der Waals surface area contributed by atoms with Crippen LogP contribution in [-0.4, -0.2) is 27.9 Å². The standard InChI is InChI=1S/C16H12ClN3O3/c17-8-5-10-9-3-4-18-7-12(9)19-15(10)11(6-8)20-16(22)13-1-2-14(21)23-13/h3-7,13,19H,1-2H2,(H,20,22)/t13-/m1/s1. The van der Waals surface area contributed by atoms with Crippen LogP contribution < -0.4 is 5.32 Å². The molecule has 3 aromatic rings. The van der Waals surface area contributed by atoms with E-state index in [1.807, 2.05) is 12.1 Å². The van der Waals surface area contributed by atoms with Gasteiger partial charge in [-0.1, -0.05) is 11.6 Å². The maximum absolute atomic E-state index is 12.3. The summed E-state index contributed by atoms with van der Waals surface area (Å²) in [7, 11) is 0. The van der Waals surface area contributed by atoms with E-state index in [-0.39, 0.29) is 18.3 Å². The molecule has 2 N–H and O–H groups in total. The molecule has 0 saturated carbocycles. The first-order valence-corrected chi connectivity index (χ1v) is 7.55. The number of H-pyrrole nitrogens is 1. The monoisotopic (exact) mass is 329 g/mol. The van der Waals surface area contributed by atoms with Crippen LogP contribution in [0.3, 0.4) is 0 Å². The Kier molecular flexibility index (Phi) is 3.20. The number of hydrogen-bond acceptors (Lipinski definition) is 4. The van der Waals surface area contributed by atoms with Crippen molar-refractivity contribution >= 4 is 51.0 Å². The summed E-state index contributed by atoms with van der Waals surface area (Å²) in [5, 5.41) is 5.17. The third kappa shape index (κ3) is 2.41. The van der Waals surface area contributed by atoms with Gasteiger partial charge in [0.1, 0.15) is 0 Å². The summed E-state index contributed by atoms with van der Waals surface area (Å²) in [6, 6.07) is 5.39. The highest BCUT2D eigenvalue weighted by Gasteiger charge is 2.30.